The van der Waals surface area contributed by atoms with Gasteiger partial charge in [0.2, 0.25) is 0 Å². The van der Waals surface area contributed by atoms with Crippen molar-refractivity contribution in [2.24, 2.45) is 35.4 Å². The zero-order valence-electron chi connectivity index (χ0n) is 11.4. The summed E-state index contributed by atoms with van der Waals surface area (Å²) in [6, 6.07) is 6.03. The first-order valence-electron chi connectivity index (χ1n) is 7.59. The Bertz CT molecular complexity index is 497. The van der Waals surface area contributed by atoms with Gasteiger partial charge in [0, 0.05) is 16.1 Å². The maximum atomic E-state index is 6.29. The van der Waals surface area contributed by atoms with Gasteiger partial charge in [0.1, 0.15) is 0 Å². The number of nitrogens with one attached hydrogen (secondary N) is 1. The number of nitrogens with two attached hydrogens (primary N) is 1. The Morgan fingerprint density at radius 2 is 1.75 bits per heavy atom. The zero-order valence-corrected chi connectivity index (χ0v) is 12.9. The first-order valence-corrected chi connectivity index (χ1v) is 8.35. The summed E-state index contributed by atoms with van der Waals surface area (Å²) in [7, 11) is 0. The van der Waals surface area contributed by atoms with Crippen LogP contribution in [0.3, 0.4) is 0 Å². The van der Waals surface area contributed by atoms with Crippen LogP contribution in [0.15, 0.2) is 18.2 Å². The average Bonchev–Trinajstić information content (AvgIpc) is 2.87. The van der Waals surface area contributed by atoms with E-state index in [0.29, 0.717) is 6.04 Å². The van der Waals surface area contributed by atoms with E-state index in [-0.39, 0.29) is 0 Å². The Balaban J connectivity index is 1.53. The standard InChI is InChI=1S/C16H20Cl2N2/c17-11-2-1-3-12(18)10(11)7-13(20-19)16-14-8-4-5-9(6-8)15(14)16/h1-3,8-9,13-16,20H,4-7,19H2. The van der Waals surface area contributed by atoms with E-state index in [1.54, 1.807) is 0 Å². The Hall–Kier alpha value is -0.280. The second-order valence-corrected chi connectivity index (χ2v) is 7.56. The lowest BCUT2D eigenvalue weighted by Gasteiger charge is -2.21. The molecule has 0 aromatic heterocycles. The first-order chi connectivity index (χ1) is 9.70. The largest absolute Gasteiger partial charge is 0.271 e. The fourth-order valence-electron chi connectivity index (χ4n) is 5.18. The highest BCUT2D eigenvalue weighted by Crippen LogP contribution is 2.70. The Kier molecular flexibility index (Phi) is 3.26. The van der Waals surface area contributed by atoms with Crippen LogP contribution in [0.5, 0.6) is 0 Å². The number of hydrazine groups is 1. The number of rotatable bonds is 4. The van der Waals surface area contributed by atoms with Gasteiger partial charge in [0.15, 0.2) is 0 Å². The van der Waals surface area contributed by atoms with Gasteiger partial charge in [-0.1, -0.05) is 29.3 Å². The molecule has 0 aliphatic heterocycles. The number of halogens is 2. The Morgan fingerprint density at radius 3 is 2.30 bits per heavy atom. The van der Waals surface area contributed by atoms with Gasteiger partial charge >= 0.3 is 0 Å². The van der Waals surface area contributed by atoms with Crippen LogP contribution < -0.4 is 11.3 Å². The molecule has 4 rings (SSSR count). The van der Waals surface area contributed by atoms with E-state index in [2.05, 4.69) is 5.43 Å². The van der Waals surface area contributed by atoms with Crippen LogP contribution in [-0.4, -0.2) is 6.04 Å². The molecule has 20 heavy (non-hydrogen) atoms. The normalized spacial score (nSPS) is 38.9. The van der Waals surface area contributed by atoms with Crippen molar-refractivity contribution in [1.29, 1.82) is 0 Å². The molecule has 5 atom stereocenters. The van der Waals surface area contributed by atoms with Gasteiger partial charge in [0.05, 0.1) is 0 Å². The van der Waals surface area contributed by atoms with Crippen LogP contribution in [0.1, 0.15) is 24.8 Å². The number of benzene rings is 1. The van der Waals surface area contributed by atoms with E-state index in [1.165, 1.54) is 19.3 Å². The molecule has 3 fully saturated rings. The van der Waals surface area contributed by atoms with Gasteiger partial charge in [-0.25, -0.2) is 0 Å². The van der Waals surface area contributed by atoms with Crippen LogP contribution in [0.25, 0.3) is 0 Å². The molecule has 1 aromatic carbocycles. The summed E-state index contributed by atoms with van der Waals surface area (Å²) < 4.78 is 0. The summed E-state index contributed by atoms with van der Waals surface area (Å²) in [5.41, 5.74) is 4.09. The van der Waals surface area contributed by atoms with E-state index in [0.717, 1.165) is 51.6 Å². The number of hydrogen-bond donors (Lipinski definition) is 2. The van der Waals surface area contributed by atoms with Crippen LogP contribution in [0.2, 0.25) is 10.0 Å². The van der Waals surface area contributed by atoms with E-state index in [9.17, 15) is 0 Å². The molecule has 3 aliphatic carbocycles. The fraction of sp³-hybridized carbons (Fsp3) is 0.625. The molecule has 2 nitrogen and oxygen atoms in total. The monoisotopic (exact) mass is 310 g/mol. The SMILES string of the molecule is NNC(Cc1c(Cl)cccc1Cl)C1C2C3CCC(C3)C21. The third-order valence-electron chi connectivity index (χ3n) is 5.96. The van der Waals surface area contributed by atoms with Crippen LogP contribution in [0, 0.1) is 29.6 Å². The van der Waals surface area contributed by atoms with E-state index >= 15 is 0 Å². The Morgan fingerprint density at radius 1 is 1.15 bits per heavy atom. The number of fused-ring (bicyclic) bond motifs is 5. The summed E-state index contributed by atoms with van der Waals surface area (Å²) >= 11 is 12.6. The van der Waals surface area contributed by atoms with Crippen molar-refractivity contribution in [1.82, 2.24) is 5.43 Å². The maximum absolute atomic E-state index is 6.29. The highest BCUT2D eigenvalue weighted by atomic mass is 35.5. The summed E-state index contributed by atoms with van der Waals surface area (Å²) in [5, 5.41) is 1.51. The van der Waals surface area contributed by atoms with Crippen molar-refractivity contribution in [3.05, 3.63) is 33.8 Å². The lowest BCUT2D eigenvalue weighted by atomic mass is 9.93. The van der Waals surface area contributed by atoms with Gasteiger partial charge in [-0.05, 0) is 73.0 Å². The fourth-order valence-corrected chi connectivity index (χ4v) is 5.74. The van der Waals surface area contributed by atoms with Crippen molar-refractivity contribution < 1.29 is 0 Å². The molecule has 3 saturated carbocycles. The molecule has 0 saturated heterocycles. The highest BCUT2D eigenvalue weighted by molar-refractivity contribution is 6.36. The average molecular weight is 311 g/mol. The molecule has 3 aliphatic rings. The smallest absolute Gasteiger partial charge is 0.0453 e. The van der Waals surface area contributed by atoms with Crippen molar-refractivity contribution in [2.75, 3.05) is 0 Å². The molecular formula is C16H20Cl2N2. The minimum Gasteiger partial charge on any atom is -0.271 e. The molecule has 5 unspecified atom stereocenters. The van der Waals surface area contributed by atoms with Crippen LogP contribution in [-0.2, 0) is 6.42 Å². The van der Waals surface area contributed by atoms with Gasteiger partial charge < -0.3 is 0 Å². The van der Waals surface area contributed by atoms with E-state index < -0.39 is 0 Å². The molecule has 108 valence electrons. The van der Waals surface area contributed by atoms with Crippen molar-refractivity contribution >= 4 is 23.2 Å². The third-order valence-corrected chi connectivity index (χ3v) is 6.67. The van der Waals surface area contributed by atoms with Crippen molar-refractivity contribution in [3.8, 4) is 0 Å². The third kappa shape index (κ3) is 1.93. The van der Waals surface area contributed by atoms with Crippen LogP contribution in [0.4, 0.5) is 0 Å². The van der Waals surface area contributed by atoms with Crippen LogP contribution >= 0.6 is 23.2 Å². The lowest BCUT2D eigenvalue weighted by Crippen LogP contribution is -2.40. The summed E-state index contributed by atoms with van der Waals surface area (Å²) in [6.07, 6.45) is 5.18. The summed E-state index contributed by atoms with van der Waals surface area (Å²) in [6.45, 7) is 0. The maximum Gasteiger partial charge on any atom is 0.0453 e. The zero-order chi connectivity index (χ0) is 13.9. The summed E-state index contributed by atoms with van der Waals surface area (Å²) in [4.78, 5) is 0. The van der Waals surface area contributed by atoms with Gasteiger partial charge in [0.25, 0.3) is 0 Å². The van der Waals surface area contributed by atoms with Gasteiger partial charge in [-0.15, -0.1) is 0 Å². The highest BCUT2D eigenvalue weighted by Gasteiger charge is 2.66. The van der Waals surface area contributed by atoms with Crippen molar-refractivity contribution in [2.45, 2.75) is 31.7 Å². The van der Waals surface area contributed by atoms with Gasteiger partial charge in [-0.2, -0.15) is 0 Å². The molecule has 0 amide bonds. The molecule has 1 aromatic rings. The Labute approximate surface area is 130 Å². The first kappa shape index (κ1) is 13.4. The molecule has 0 spiro atoms. The second-order valence-electron chi connectivity index (χ2n) is 6.74. The number of hydrogen-bond acceptors (Lipinski definition) is 2. The minimum atomic E-state index is 0.311. The molecule has 2 bridgehead atoms. The summed E-state index contributed by atoms with van der Waals surface area (Å²) in [5.74, 6) is 10.3. The van der Waals surface area contributed by atoms with Crippen molar-refractivity contribution in [3.63, 3.8) is 0 Å². The molecule has 0 heterocycles. The lowest BCUT2D eigenvalue weighted by molar-refractivity contribution is 0.365. The van der Waals surface area contributed by atoms with E-state index in [4.69, 9.17) is 29.0 Å². The topological polar surface area (TPSA) is 38.0 Å². The quantitative estimate of drug-likeness (QED) is 0.658. The second kappa shape index (κ2) is 4.88. The predicted octanol–water partition coefficient (Wildman–Crippen LogP) is 3.66. The molecule has 3 N–H and O–H groups in total. The van der Waals surface area contributed by atoms with E-state index in [1.807, 2.05) is 18.2 Å². The predicted molar refractivity (Wildman–Crippen MR) is 82.6 cm³/mol. The minimum absolute atomic E-state index is 0.311. The molecule has 4 heteroatoms. The van der Waals surface area contributed by atoms with Gasteiger partial charge in [-0.3, -0.25) is 11.3 Å². The molecule has 0 radical (unpaired) electrons. The molecular weight excluding hydrogens is 291 g/mol.